The van der Waals surface area contributed by atoms with Gasteiger partial charge in [0.1, 0.15) is 23.7 Å². The molecule has 21 heavy (non-hydrogen) atoms. The first-order valence-electron chi connectivity index (χ1n) is 8.45. The second-order valence-corrected chi connectivity index (χ2v) is 6.94. The van der Waals surface area contributed by atoms with Crippen molar-refractivity contribution in [1.29, 1.82) is 0 Å². The first kappa shape index (κ1) is 13.4. The van der Waals surface area contributed by atoms with Gasteiger partial charge in [0.25, 0.3) is 0 Å². The average molecular weight is 287 g/mol. The van der Waals surface area contributed by atoms with Crippen LogP contribution in [0.2, 0.25) is 0 Å². The fourth-order valence-electron chi connectivity index (χ4n) is 4.08. The highest BCUT2D eigenvalue weighted by Gasteiger charge is 2.32. The van der Waals surface area contributed by atoms with Crippen molar-refractivity contribution < 1.29 is 9.47 Å². The van der Waals surface area contributed by atoms with Gasteiger partial charge in [-0.25, -0.2) is 0 Å². The van der Waals surface area contributed by atoms with Gasteiger partial charge in [-0.05, 0) is 45.7 Å². The fourth-order valence-corrected chi connectivity index (χ4v) is 4.08. The highest BCUT2D eigenvalue weighted by Crippen LogP contribution is 2.44. The second kappa shape index (κ2) is 5.20. The lowest BCUT2D eigenvalue weighted by Gasteiger charge is -2.25. The lowest BCUT2D eigenvalue weighted by molar-refractivity contribution is 0.250. The maximum absolute atomic E-state index is 6.16. The number of nitrogens with one attached hydrogen (secondary N) is 1. The molecule has 3 unspecified atom stereocenters. The monoisotopic (exact) mass is 287 g/mol. The summed E-state index contributed by atoms with van der Waals surface area (Å²) in [7, 11) is 0. The molecule has 3 aliphatic rings. The van der Waals surface area contributed by atoms with E-state index in [9.17, 15) is 0 Å². The van der Waals surface area contributed by atoms with Crippen molar-refractivity contribution in [2.45, 2.75) is 70.6 Å². The van der Waals surface area contributed by atoms with Crippen LogP contribution in [0.1, 0.15) is 49.8 Å². The van der Waals surface area contributed by atoms with E-state index in [1.165, 1.54) is 41.7 Å². The standard InChI is InChI=1S/C18H25NO2/c1-11-7-13-9-17-15(8-12(2)20-17)16(18(13)21-11)10-14-5-3-4-6-19-14/h9,11-12,14,19H,3-8,10H2,1-2H3. The van der Waals surface area contributed by atoms with E-state index in [1.807, 2.05) is 0 Å². The lowest BCUT2D eigenvalue weighted by atomic mass is 9.91. The van der Waals surface area contributed by atoms with E-state index in [-0.39, 0.29) is 0 Å². The number of ether oxygens (including phenoxy) is 2. The molecule has 3 heteroatoms. The number of rotatable bonds is 2. The fraction of sp³-hybridized carbons (Fsp3) is 0.667. The number of benzene rings is 1. The zero-order valence-electron chi connectivity index (χ0n) is 13.1. The molecule has 3 atom stereocenters. The first-order valence-corrected chi connectivity index (χ1v) is 8.45. The Morgan fingerprint density at radius 1 is 1.14 bits per heavy atom. The van der Waals surface area contributed by atoms with Crippen LogP contribution in [-0.4, -0.2) is 24.8 Å². The van der Waals surface area contributed by atoms with Gasteiger partial charge in [0.15, 0.2) is 0 Å². The summed E-state index contributed by atoms with van der Waals surface area (Å²) in [6.45, 7) is 5.49. The van der Waals surface area contributed by atoms with Crippen LogP contribution in [0.3, 0.4) is 0 Å². The van der Waals surface area contributed by atoms with Crippen LogP contribution in [0.4, 0.5) is 0 Å². The molecule has 114 valence electrons. The molecule has 0 aromatic heterocycles. The van der Waals surface area contributed by atoms with Crippen LogP contribution in [-0.2, 0) is 19.3 Å². The number of fused-ring (bicyclic) bond motifs is 2. The van der Waals surface area contributed by atoms with Crippen LogP contribution in [0, 0.1) is 0 Å². The molecule has 0 bridgehead atoms. The Bertz CT molecular complexity index is 512. The van der Waals surface area contributed by atoms with Crippen LogP contribution in [0.25, 0.3) is 0 Å². The summed E-state index contributed by atoms with van der Waals surface area (Å²) in [5, 5.41) is 3.68. The molecule has 1 aromatic carbocycles. The number of hydrogen-bond acceptors (Lipinski definition) is 3. The van der Waals surface area contributed by atoms with Crippen LogP contribution in [0.15, 0.2) is 6.07 Å². The van der Waals surface area contributed by atoms with Crippen molar-refractivity contribution in [1.82, 2.24) is 5.32 Å². The summed E-state index contributed by atoms with van der Waals surface area (Å²) in [5.74, 6) is 2.29. The van der Waals surface area contributed by atoms with Crippen molar-refractivity contribution >= 4 is 0 Å². The SMILES string of the molecule is CC1Cc2c(cc3c(c2CC2CCCCN2)OC(C)C3)O1. The Hall–Kier alpha value is -1.22. The average Bonchev–Trinajstić information content (AvgIpc) is 3.01. The summed E-state index contributed by atoms with van der Waals surface area (Å²) in [4.78, 5) is 0. The zero-order chi connectivity index (χ0) is 14.4. The van der Waals surface area contributed by atoms with E-state index >= 15 is 0 Å². The highest BCUT2D eigenvalue weighted by molar-refractivity contribution is 5.57. The molecule has 1 aromatic rings. The van der Waals surface area contributed by atoms with Crippen molar-refractivity contribution in [3.8, 4) is 11.5 Å². The van der Waals surface area contributed by atoms with Crippen molar-refractivity contribution in [3.63, 3.8) is 0 Å². The molecule has 0 radical (unpaired) electrons. The largest absolute Gasteiger partial charge is 0.490 e. The van der Waals surface area contributed by atoms with Crippen molar-refractivity contribution in [2.75, 3.05) is 6.54 Å². The van der Waals surface area contributed by atoms with Gasteiger partial charge in [-0.1, -0.05) is 6.42 Å². The van der Waals surface area contributed by atoms with Gasteiger partial charge in [0.05, 0.1) is 0 Å². The van der Waals surface area contributed by atoms with Gasteiger partial charge in [0.2, 0.25) is 0 Å². The molecule has 1 N–H and O–H groups in total. The first-order chi connectivity index (χ1) is 10.2. The molecule has 1 saturated heterocycles. The van der Waals surface area contributed by atoms with E-state index in [0.717, 1.165) is 31.6 Å². The van der Waals surface area contributed by atoms with E-state index in [0.29, 0.717) is 18.2 Å². The lowest BCUT2D eigenvalue weighted by Crippen LogP contribution is -2.35. The Balaban J connectivity index is 1.70. The zero-order valence-corrected chi connectivity index (χ0v) is 13.1. The van der Waals surface area contributed by atoms with Crippen LogP contribution in [0.5, 0.6) is 11.5 Å². The minimum Gasteiger partial charge on any atom is -0.490 e. The summed E-state index contributed by atoms with van der Waals surface area (Å²) in [5.41, 5.74) is 4.18. The highest BCUT2D eigenvalue weighted by atomic mass is 16.5. The topological polar surface area (TPSA) is 30.5 Å². The van der Waals surface area contributed by atoms with E-state index in [1.54, 1.807) is 0 Å². The summed E-state index contributed by atoms with van der Waals surface area (Å²) < 4.78 is 12.2. The molecule has 3 nitrogen and oxygen atoms in total. The molecule has 4 rings (SSSR count). The molecule has 1 fully saturated rings. The predicted octanol–water partition coefficient (Wildman–Crippen LogP) is 3.02. The molecule has 3 heterocycles. The van der Waals surface area contributed by atoms with Gasteiger partial charge in [-0.15, -0.1) is 0 Å². The summed E-state index contributed by atoms with van der Waals surface area (Å²) in [6, 6.07) is 2.83. The van der Waals surface area contributed by atoms with Crippen molar-refractivity contribution in [3.05, 3.63) is 22.8 Å². The maximum atomic E-state index is 6.16. The van der Waals surface area contributed by atoms with E-state index in [4.69, 9.17) is 9.47 Å². The van der Waals surface area contributed by atoms with Crippen LogP contribution >= 0.6 is 0 Å². The van der Waals surface area contributed by atoms with E-state index in [2.05, 4.69) is 25.2 Å². The minimum absolute atomic E-state index is 0.304. The Kier molecular flexibility index (Phi) is 3.33. The quantitative estimate of drug-likeness (QED) is 0.907. The van der Waals surface area contributed by atoms with Crippen molar-refractivity contribution in [2.24, 2.45) is 0 Å². The van der Waals surface area contributed by atoms with Gasteiger partial charge in [-0.2, -0.15) is 0 Å². The smallest absolute Gasteiger partial charge is 0.126 e. The second-order valence-electron chi connectivity index (χ2n) is 6.94. The molecular weight excluding hydrogens is 262 g/mol. The normalized spacial score (nSPS) is 30.5. The molecule has 0 saturated carbocycles. The van der Waals surface area contributed by atoms with Gasteiger partial charge in [-0.3, -0.25) is 0 Å². The number of hydrogen-bond donors (Lipinski definition) is 1. The molecular formula is C18H25NO2. The van der Waals surface area contributed by atoms with Gasteiger partial charge in [0, 0.05) is 35.6 Å². The number of piperidine rings is 1. The van der Waals surface area contributed by atoms with Gasteiger partial charge < -0.3 is 14.8 Å². The molecule has 0 amide bonds. The Labute approximate surface area is 127 Å². The maximum Gasteiger partial charge on any atom is 0.126 e. The molecule has 0 spiro atoms. The summed E-state index contributed by atoms with van der Waals surface area (Å²) >= 11 is 0. The Morgan fingerprint density at radius 3 is 2.81 bits per heavy atom. The Morgan fingerprint density at radius 2 is 2.00 bits per heavy atom. The molecule has 0 aliphatic carbocycles. The third-order valence-corrected chi connectivity index (χ3v) is 5.04. The van der Waals surface area contributed by atoms with Crippen LogP contribution < -0.4 is 14.8 Å². The van der Waals surface area contributed by atoms with E-state index < -0.39 is 0 Å². The van der Waals surface area contributed by atoms with Gasteiger partial charge >= 0.3 is 0 Å². The minimum atomic E-state index is 0.304. The summed E-state index contributed by atoms with van der Waals surface area (Å²) in [6.07, 6.45) is 7.69. The third-order valence-electron chi connectivity index (χ3n) is 5.04. The predicted molar refractivity (Wildman–Crippen MR) is 83.4 cm³/mol. The molecule has 3 aliphatic heterocycles. The third kappa shape index (κ3) is 2.42.